The maximum Gasteiger partial charge on any atom is 0.319 e. The Morgan fingerprint density at radius 2 is 1.85 bits per heavy atom. The number of para-hydroxylation sites is 1. The van der Waals surface area contributed by atoms with Crippen LogP contribution < -0.4 is 15.5 Å². The average Bonchev–Trinajstić information content (AvgIpc) is 3.02. The largest absolute Gasteiger partial charge is 0.333 e. The van der Waals surface area contributed by atoms with Crippen molar-refractivity contribution in [3.63, 3.8) is 0 Å². The molecule has 0 aliphatic carbocycles. The number of nitrogens with one attached hydrogen (secondary N) is 2. The summed E-state index contributed by atoms with van der Waals surface area (Å²) in [5.74, 6) is 0.0294. The van der Waals surface area contributed by atoms with Crippen LogP contribution in [-0.2, 0) is 11.2 Å². The van der Waals surface area contributed by atoms with E-state index in [0.29, 0.717) is 13.0 Å². The summed E-state index contributed by atoms with van der Waals surface area (Å²) < 4.78 is 0. The Hall–Kier alpha value is -2.82. The fraction of sp³-hybridized carbons (Fsp3) is 0.333. The first-order valence-electron chi connectivity index (χ1n) is 9.17. The van der Waals surface area contributed by atoms with Gasteiger partial charge in [-0.05, 0) is 42.7 Å². The predicted molar refractivity (Wildman–Crippen MR) is 104 cm³/mol. The molecule has 3 rings (SSSR count). The number of unbranched alkanes of at least 4 members (excludes halogenated alkanes) is 1. The Balaban J connectivity index is 1.51. The molecule has 0 spiro atoms. The highest BCUT2D eigenvalue weighted by atomic mass is 16.2. The molecule has 1 heterocycles. The van der Waals surface area contributed by atoms with Crippen LogP contribution in [0.5, 0.6) is 0 Å². The minimum atomic E-state index is -0.279. The highest BCUT2D eigenvalue weighted by Crippen LogP contribution is 2.21. The first kappa shape index (κ1) is 18.0. The van der Waals surface area contributed by atoms with E-state index in [-0.39, 0.29) is 18.0 Å². The molecule has 0 radical (unpaired) electrons. The lowest BCUT2D eigenvalue weighted by Gasteiger charge is -2.17. The number of carbonyl (C=O) groups excluding carboxylic acids is 2. The molecule has 1 fully saturated rings. The summed E-state index contributed by atoms with van der Waals surface area (Å²) in [5.41, 5.74) is 2.90. The molecule has 2 aromatic carbocycles. The van der Waals surface area contributed by atoms with Crippen molar-refractivity contribution in [2.24, 2.45) is 0 Å². The van der Waals surface area contributed by atoms with E-state index in [1.807, 2.05) is 54.6 Å². The molecular weight excluding hydrogens is 326 g/mol. The van der Waals surface area contributed by atoms with E-state index in [2.05, 4.69) is 17.6 Å². The Bertz CT molecular complexity index is 744. The van der Waals surface area contributed by atoms with Gasteiger partial charge in [-0.15, -0.1) is 0 Å². The fourth-order valence-corrected chi connectivity index (χ4v) is 3.15. The van der Waals surface area contributed by atoms with Crippen molar-refractivity contribution in [2.45, 2.75) is 38.6 Å². The lowest BCUT2D eigenvalue weighted by molar-refractivity contribution is -0.117. The van der Waals surface area contributed by atoms with Crippen LogP contribution in [0.3, 0.4) is 0 Å². The highest BCUT2D eigenvalue weighted by Gasteiger charge is 2.31. The Kier molecular flexibility index (Phi) is 5.89. The first-order chi connectivity index (χ1) is 12.7. The third-order valence-corrected chi connectivity index (χ3v) is 4.56. The van der Waals surface area contributed by atoms with E-state index >= 15 is 0 Å². The van der Waals surface area contributed by atoms with Crippen LogP contribution >= 0.6 is 0 Å². The number of amides is 3. The maximum atomic E-state index is 12.2. The highest BCUT2D eigenvalue weighted by molar-refractivity contribution is 5.97. The molecule has 5 nitrogen and oxygen atoms in total. The molecule has 26 heavy (non-hydrogen) atoms. The molecule has 2 aromatic rings. The molecule has 5 heteroatoms. The molecule has 1 atom stereocenters. The number of aryl methyl sites for hydroxylation is 1. The minimum absolute atomic E-state index is 0.0294. The van der Waals surface area contributed by atoms with Gasteiger partial charge in [0.15, 0.2) is 0 Å². The molecule has 1 aliphatic heterocycles. The molecular formula is C21H25N3O2. The molecule has 0 aromatic heterocycles. The molecule has 1 saturated heterocycles. The first-order valence-corrected chi connectivity index (χ1v) is 9.17. The number of urea groups is 1. The van der Waals surface area contributed by atoms with Gasteiger partial charge in [0.1, 0.15) is 0 Å². The van der Waals surface area contributed by atoms with Crippen LogP contribution in [0.25, 0.3) is 0 Å². The maximum absolute atomic E-state index is 12.2. The average molecular weight is 351 g/mol. The van der Waals surface area contributed by atoms with Crippen molar-refractivity contribution in [3.05, 3.63) is 60.2 Å². The topological polar surface area (TPSA) is 61.4 Å². The quantitative estimate of drug-likeness (QED) is 0.827. The third kappa shape index (κ3) is 4.63. The number of carbonyl (C=O) groups is 2. The van der Waals surface area contributed by atoms with Gasteiger partial charge in [-0.25, -0.2) is 4.79 Å². The summed E-state index contributed by atoms with van der Waals surface area (Å²) in [6.45, 7) is 2.67. The van der Waals surface area contributed by atoms with E-state index in [9.17, 15) is 9.59 Å². The SMILES string of the molecule is CCCCc1ccc(NC(=O)N[C@@H]2CC(=O)N(c3ccccc3)C2)cc1. The lowest BCUT2D eigenvalue weighted by Crippen LogP contribution is -2.39. The van der Waals surface area contributed by atoms with E-state index in [0.717, 1.165) is 17.8 Å². The lowest BCUT2D eigenvalue weighted by atomic mass is 10.1. The number of hydrogen-bond acceptors (Lipinski definition) is 2. The van der Waals surface area contributed by atoms with Gasteiger partial charge in [-0.1, -0.05) is 43.7 Å². The van der Waals surface area contributed by atoms with Crippen LogP contribution in [0, 0.1) is 0 Å². The zero-order valence-corrected chi connectivity index (χ0v) is 15.1. The standard InChI is InChI=1S/C21H25N3O2/c1-2-3-7-16-10-12-17(13-11-16)22-21(26)23-18-14-20(25)24(15-18)19-8-5-4-6-9-19/h4-6,8-13,18H,2-3,7,14-15H2,1H3,(H2,22,23,26)/t18-/m1/s1. The van der Waals surface area contributed by atoms with Gasteiger partial charge < -0.3 is 15.5 Å². The van der Waals surface area contributed by atoms with Crippen molar-refractivity contribution in [3.8, 4) is 0 Å². The number of benzene rings is 2. The minimum Gasteiger partial charge on any atom is -0.333 e. The Morgan fingerprint density at radius 1 is 1.12 bits per heavy atom. The van der Waals surface area contributed by atoms with Crippen molar-refractivity contribution in [1.29, 1.82) is 0 Å². The zero-order valence-electron chi connectivity index (χ0n) is 15.1. The van der Waals surface area contributed by atoms with Gasteiger partial charge in [0.05, 0.1) is 6.04 Å². The molecule has 136 valence electrons. The summed E-state index contributed by atoms with van der Waals surface area (Å²) in [6, 6.07) is 17.0. The summed E-state index contributed by atoms with van der Waals surface area (Å²) >= 11 is 0. The molecule has 0 unspecified atom stereocenters. The van der Waals surface area contributed by atoms with Gasteiger partial charge in [0.25, 0.3) is 0 Å². The van der Waals surface area contributed by atoms with Crippen molar-refractivity contribution in [2.75, 3.05) is 16.8 Å². The number of nitrogens with zero attached hydrogens (tertiary/aromatic N) is 1. The number of hydrogen-bond donors (Lipinski definition) is 2. The molecule has 1 aliphatic rings. The van der Waals surface area contributed by atoms with Crippen molar-refractivity contribution < 1.29 is 9.59 Å². The Labute approximate surface area is 154 Å². The van der Waals surface area contributed by atoms with E-state index in [1.54, 1.807) is 4.90 Å². The monoisotopic (exact) mass is 351 g/mol. The van der Waals surface area contributed by atoms with E-state index < -0.39 is 0 Å². The van der Waals surface area contributed by atoms with E-state index in [1.165, 1.54) is 18.4 Å². The van der Waals surface area contributed by atoms with Crippen LogP contribution in [0.1, 0.15) is 31.7 Å². The molecule has 0 bridgehead atoms. The van der Waals surface area contributed by atoms with Gasteiger partial charge >= 0.3 is 6.03 Å². The molecule has 3 amide bonds. The van der Waals surface area contributed by atoms with Crippen LogP contribution in [-0.4, -0.2) is 24.5 Å². The predicted octanol–water partition coefficient (Wildman–Crippen LogP) is 3.96. The van der Waals surface area contributed by atoms with Crippen molar-refractivity contribution in [1.82, 2.24) is 5.32 Å². The second kappa shape index (κ2) is 8.52. The normalized spacial score (nSPS) is 16.6. The van der Waals surface area contributed by atoms with Crippen molar-refractivity contribution >= 4 is 23.3 Å². The van der Waals surface area contributed by atoms with Gasteiger partial charge in [-0.2, -0.15) is 0 Å². The van der Waals surface area contributed by atoms with Crippen LogP contribution in [0.4, 0.5) is 16.2 Å². The summed E-state index contributed by atoms with van der Waals surface area (Å²) in [6.07, 6.45) is 3.71. The van der Waals surface area contributed by atoms with Gasteiger partial charge in [0, 0.05) is 24.3 Å². The molecule has 2 N–H and O–H groups in total. The number of rotatable bonds is 6. The summed E-state index contributed by atoms with van der Waals surface area (Å²) in [4.78, 5) is 26.1. The second-order valence-corrected chi connectivity index (χ2v) is 6.64. The zero-order chi connectivity index (χ0) is 18.4. The second-order valence-electron chi connectivity index (χ2n) is 6.64. The summed E-state index contributed by atoms with van der Waals surface area (Å²) in [7, 11) is 0. The van der Waals surface area contributed by atoms with Crippen LogP contribution in [0.15, 0.2) is 54.6 Å². The Morgan fingerprint density at radius 3 is 2.54 bits per heavy atom. The smallest absolute Gasteiger partial charge is 0.319 e. The fourth-order valence-electron chi connectivity index (χ4n) is 3.15. The van der Waals surface area contributed by atoms with Gasteiger partial charge in [0.2, 0.25) is 5.91 Å². The molecule has 0 saturated carbocycles. The summed E-state index contributed by atoms with van der Waals surface area (Å²) in [5, 5.41) is 5.74. The number of anilines is 2. The third-order valence-electron chi connectivity index (χ3n) is 4.56. The van der Waals surface area contributed by atoms with Gasteiger partial charge in [-0.3, -0.25) is 4.79 Å². The van der Waals surface area contributed by atoms with E-state index in [4.69, 9.17) is 0 Å². The van der Waals surface area contributed by atoms with Crippen LogP contribution in [0.2, 0.25) is 0 Å².